The van der Waals surface area contributed by atoms with Crippen LogP contribution in [0.15, 0.2) is 209 Å². The minimum Gasteiger partial charge on any atom is -0.506 e. The number of aryl methyl sites for hydroxylation is 4. The topological polar surface area (TPSA) is 439 Å². The van der Waals surface area contributed by atoms with Crippen molar-refractivity contribution in [3.63, 3.8) is 0 Å². The van der Waals surface area contributed by atoms with Crippen LogP contribution in [-0.4, -0.2) is 151 Å². The molecule has 0 saturated heterocycles. The Hall–Kier alpha value is -15.9. The van der Waals surface area contributed by atoms with E-state index >= 15 is 0 Å². The van der Waals surface area contributed by atoms with Gasteiger partial charge in [0.1, 0.15) is 57.5 Å². The van der Waals surface area contributed by atoms with E-state index in [-0.39, 0.29) is 121 Å². The van der Waals surface area contributed by atoms with E-state index in [9.17, 15) is 86.6 Å². The molecule has 10 heterocycles. The Bertz CT molecular complexity index is 6870. The van der Waals surface area contributed by atoms with Crippen LogP contribution in [0.25, 0.3) is 44.1 Å². The maximum absolute atomic E-state index is 13.6. The van der Waals surface area contributed by atoms with E-state index in [1.54, 1.807) is 77.1 Å². The smallest absolute Gasteiger partial charge is 0.506 e. The fourth-order valence-electron chi connectivity index (χ4n) is 12.4. The first-order valence-corrected chi connectivity index (χ1v) is 40.7. The van der Waals surface area contributed by atoms with Gasteiger partial charge in [0.15, 0.2) is 58.2 Å². The molecule has 14 rings (SSSR count). The SMILES string of the molecule is CCOC(=O)c1c(NCc2cccnc2OCC(F)(F)F)c2c(C)ncnc2n(OCc2ccccc2)c1=O.CCOC(=O)c1c(O)c2c(C)ncnc2n(OCc2ccccc2)c1=O.CCOC(=O)c1c(OS(=O)(=O)C(F)(F)F)c2c(C)ncnc2n(OCc2ccccc2)c1=O.Cc1ncnc2c1c(NCc1cccnc1OCC(F)(F)F)cc(=O)n2OCc1ccccc1. The van der Waals surface area contributed by atoms with Crippen molar-refractivity contribution in [3.8, 4) is 23.3 Å². The predicted octanol–water partition coefficient (Wildman–Crippen LogP) is 11.3. The maximum Gasteiger partial charge on any atom is 0.534 e. The number of pyridine rings is 6. The second kappa shape index (κ2) is 43.2. The summed E-state index contributed by atoms with van der Waals surface area (Å²) >= 11 is 0. The average Bonchev–Trinajstić information content (AvgIpc) is 0.752. The third-order valence-electron chi connectivity index (χ3n) is 18.3. The third kappa shape index (κ3) is 23.9. The van der Waals surface area contributed by atoms with Crippen molar-refractivity contribution < 1.29 is 115 Å². The predicted molar refractivity (Wildman–Crippen MR) is 452 cm³/mol. The van der Waals surface area contributed by atoms with Crippen LogP contribution < -0.4 is 65.9 Å². The van der Waals surface area contributed by atoms with E-state index < -0.39 is 115 Å². The number of carbonyl (C=O) groups is 3. The van der Waals surface area contributed by atoms with Crippen LogP contribution in [0.2, 0.25) is 0 Å². The van der Waals surface area contributed by atoms with Gasteiger partial charge in [0.25, 0.3) is 5.56 Å². The number of hydrogen-bond donors (Lipinski definition) is 3. The Balaban J connectivity index is 0.000000171. The van der Waals surface area contributed by atoms with Gasteiger partial charge < -0.3 is 63.0 Å². The summed E-state index contributed by atoms with van der Waals surface area (Å²) in [6, 6.07) is 43.7. The van der Waals surface area contributed by atoms with Gasteiger partial charge in [-0.1, -0.05) is 133 Å². The number of esters is 3. The monoisotopic (exact) mass is 1860 g/mol. The van der Waals surface area contributed by atoms with E-state index in [0.717, 1.165) is 37.2 Å². The van der Waals surface area contributed by atoms with E-state index in [0.29, 0.717) is 44.0 Å². The summed E-state index contributed by atoms with van der Waals surface area (Å²) in [5.41, 5.74) is -5.86. The number of fused-ring (bicyclic) bond motifs is 4. The molecule has 0 bridgehead atoms. The van der Waals surface area contributed by atoms with Gasteiger partial charge in [-0.05, 0) is 82.9 Å². The second-order valence-corrected chi connectivity index (χ2v) is 29.0. The number of nitrogens with zero attached hydrogens (tertiary/aromatic N) is 14. The molecule has 0 radical (unpaired) electrons. The minimum absolute atomic E-state index is 0.00350. The fourth-order valence-corrected chi connectivity index (χ4v) is 12.8. The number of benzene rings is 4. The lowest BCUT2D eigenvalue weighted by molar-refractivity contribution is -0.154. The molecule has 10 aromatic heterocycles. The molecule has 0 spiro atoms. The lowest BCUT2D eigenvalue weighted by Crippen LogP contribution is -2.35. The summed E-state index contributed by atoms with van der Waals surface area (Å²) in [5.74, 6) is -5.40. The Morgan fingerprint density at radius 3 is 1.16 bits per heavy atom. The van der Waals surface area contributed by atoms with E-state index in [1.165, 1.54) is 63.4 Å². The second-order valence-electron chi connectivity index (χ2n) is 27.4. The largest absolute Gasteiger partial charge is 0.534 e. The molecule has 0 atom stereocenters. The zero-order valence-electron chi connectivity index (χ0n) is 70.5. The number of nitrogens with one attached hydrogen (secondary N) is 2. The van der Waals surface area contributed by atoms with Gasteiger partial charge >= 0.3 is 62.6 Å². The molecule has 0 aliphatic rings. The summed E-state index contributed by atoms with van der Waals surface area (Å²) in [5, 5.41) is 17.0. The maximum atomic E-state index is 13.6. The molecule has 0 aliphatic heterocycles. The van der Waals surface area contributed by atoms with Gasteiger partial charge in [-0.15, -0.1) is 18.9 Å². The van der Waals surface area contributed by atoms with E-state index in [2.05, 4.69) is 64.7 Å². The van der Waals surface area contributed by atoms with Crippen LogP contribution >= 0.6 is 0 Å². The Kier molecular flexibility index (Phi) is 31.7. The molecule has 132 heavy (non-hydrogen) atoms. The molecule has 14 aromatic rings. The molecule has 4 aromatic carbocycles. The number of anilines is 2. The van der Waals surface area contributed by atoms with Crippen LogP contribution in [0, 0.1) is 27.7 Å². The summed E-state index contributed by atoms with van der Waals surface area (Å²) in [6.45, 7) is 7.64. The first-order valence-electron chi connectivity index (χ1n) is 39.3. The molecule has 0 saturated carbocycles. The lowest BCUT2D eigenvalue weighted by Gasteiger charge is -2.19. The molecule has 0 fully saturated rings. The van der Waals surface area contributed by atoms with E-state index in [1.807, 2.05) is 91.0 Å². The molecule has 0 aliphatic carbocycles. The first kappa shape index (κ1) is 96.7. The van der Waals surface area contributed by atoms with Gasteiger partial charge in [-0.25, -0.2) is 64.2 Å². The molecule has 46 heteroatoms. The Morgan fingerprint density at radius 2 is 0.750 bits per heavy atom. The quantitative estimate of drug-likeness (QED) is 0.0124. The zero-order valence-corrected chi connectivity index (χ0v) is 71.3. The number of alkyl halides is 9. The van der Waals surface area contributed by atoms with Gasteiger partial charge in [0.2, 0.25) is 11.8 Å². The lowest BCUT2D eigenvalue weighted by atomic mass is 10.1. The zero-order chi connectivity index (χ0) is 95.2. The number of hydrogen-bond acceptors (Lipinski definition) is 32. The number of halogens is 9. The summed E-state index contributed by atoms with van der Waals surface area (Å²) < 4.78 is 171. The summed E-state index contributed by atoms with van der Waals surface area (Å²) in [4.78, 5) is 153. The molecular weight excluding hydrogens is 1780 g/mol. The van der Waals surface area contributed by atoms with Gasteiger partial charge in [0, 0.05) is 42.7 Å². The van der Waals surface area contributed by atoms with Crippen molar-refractivity contribution in [1.82, 2.24) is 68.8 Å². The summed E-state index contributed by atoms with van der Waals surface area (Å²) in [7, 11) is -6.27. The van der Waals surface area contributed by atoms with Gasteiger partial charge in [0.05, 0.1) is 75.5 Å². The van der Waals surface area contributed by atoms with Crippen LogP contribution in [-0.2, 0) is 63.8 Å². The van der Waals surface area contributed by atoms with Gasteiger partial charge in [-0.3, -0.25) is 19.2 Å². The molecule has 3 N–H and O–H groups in total. The van der Waals surface area contributed by atoms with E-state index in [4.69, 9.17) is 43.0 Å². The number of carbonyl (C=O) groups excluding carboxylic acids is 3. The van der Waals surface area contributed by atoms with Crippen molar-refractivity contribution in [2.75, 3.05) is 43.7 Å². The van der Waals surface area contributed by atoms with Gasteiger partial charge in [-0.2, -0.15) is 47.9 Å². The summed E-state index contributed by atoms with van der Waals surface area (Å²) in [6.07, 6.45) is -1.61. The average molecular weight is 1860 g/mol. The van der Waals surface area contributed by atoms with Crippen molar-refractivity contribution in [3.05, 3.63) is 304 Å². The highest BCUT2D eigenvalue weighted by Crippen LogP contribution is 2.36. The molecule has 0 unspecified atom stereocenters. The highest BCUT2D eigenvalue weighted by atomic mass is 32.2. The minimum atomic E-state index is -6.27. The van der Waals surface area contributed by atoms with Crippen LogP contribution in [0.4, 0.5) is 50.9 Å². The molecule has 36 nitrogen and oxygen atoms in total. The Morgan fingerprint density at radius 1 is 0.409 bits per heavy atom. The molecule has 690 valence electrons. The number of aromatic nitrogens is 14. The van der Waals surface area contributed by atoms with Crippen molar-refractivity contribution in [1.29, 1.82) is 0 Å². The highest BCUT2D eigenvalue weighted by molar-refractivity contribution is 7.88. The number of ether oxygens (including phenoxy) is 5. The molecular formula is C86H77F9N16O20S. The standard InChI is InChI=1S/C26H24F3N5O5.C23H20F3N5O3.C19H16F3N3O7S.C18H17N3O5/c1-3-37-25(36)20-21(31-12-18-10-7-11-30-23(18)38-14-26(27,28)29)19-16(2)32-15-33-22(19)34(24(20)35)39-13-17-8-5-4-6-9-17;1-15-20-18(28-11-17-8-5-9-27-22(17)33-13-23(24,25)26)10-19(32)31(21(20)30-14-29-15)34-12-16-6-3-2-4-7-16;1-3-30-18(27)14-15(32-33(28,29)19(20,21)22)13-11(2)23-10-24-16(13)25(17(14)26)31-9-12-7-5-4-6-8-12;1-3-25-18(24)14-15(22)13-11(2)19-10-20-16(13)21(17(14)23)26-9-12-7-5-4-6-8-12/h4-11,15,31H,3,12-14H2,1-2H3;2-10,14,28H,11-13H2,1H3;4-8,10H,3,9H2,1-2H3;4-8,10,22H,3,9H2,1-2H3. The van der Waals surface area contributed by atoms with Crippen molar-refractivity contribution in [2.45, 2.75) is 106 Å². The van der Waals surface area contributed by atoms with Crippen LogP contribution in [0.1, 0.15) is 108 Å². The number of rotatable bonds is 30. The number of aromatic hydroxyl groups is 1. The van der Waals surface area contributed by atoms with Crippen LogP contribution in [0.3, 0.4) is 0 Å². The Labute approximate surface area is 740 Å². The van der Waals surface area contributed by atoms with Crippen molar-refractivity contribution in [2.24, 2.45) is 0 Å². The molecule has 0 amide bonds. The normalized spacial score (nSPS) is 11.4. The third-order valence-corrected chi connectivity index (χ3v) is 19.2. The first-order chi connectivity index (χ1) is 63.0. The van der Waals surface area contributed by atoms with Crippen LogP contribution in [0.5, 0.6) is 23.3 Å². The highest BCUT2D eigenvalue weighted by Gasteiger charge is 2.50. The fraction of sp³-hybridized carbons (Fsp3) is 0.244. The van der Waals surface area contributed by atoms with Crippen molar-refractivity contribution >= 4 is 83.5 Å².